The Hall–Kier alpha value is -3.45. The highest BCUT2D eigenvalue weighted by atomic mass is 32.2. The van der Waals surface area contributed by atoms with E-state index in [1.807, 2.05) is 49.4 Å². The Morgan fingerprint density at radius 2 is 1.52 bits per heavy atom. The van der Waals surface area contributed by atoms with Crippen LogP contribution >= 0.6 is 0 Å². The van der Waals surface area contributed by atoms with Crippen LogP contribution in [0.1, 0.15) is 42.9 Å². The van der Waals surface area contributed by atoms with Crippen LogP contribution in [-0.2, 0) is 10.0 Å². The van der Waals surface area contributed by atoms with Crippen LogP contribution in [0.4, 0.5) is 17.3 Å². The van der Waals surface area contributed by atoms with Crippen LogP contribution in [0.5, 0.6) is 0 Å². The molecule has 0 aliphatic rings. The van der Waals surface area contributed by atoms with Gasteiger partial charge in [-0.3, -0.25) is 4.72 Å². The second-order valence-electron chi connectivity index (χ2n) is 8.34. The fraction of sp³-hybridized carbons (Fsp3) is 0.231. The van der Waals surface area contributed by atoms with E-state index in [9.17, 15) is 8.42 Å². The monoisotopic (exact) mass is 460 g/mol. The lowest BCUT2D eigenvalue weighted by atomic mass is 9.99. The molecule has 0 amide bonds. The molecule has 0 aliphatic heterocycles. The minimum absolute atomic E-state index is 0.153. The zero-order chi connectivity index (χ0) is 23.6. The number of nitrogens with zero attached hydrogens (tertiary/aromatic N) is 2. The van der Waals surface area contributed by atoms with Crippen LogP contribution in [0.25, 0.3) is 11.0 Å². The van der Waals surface area contributed by atoms with Crippen molar-refractivity contribution in [2.24, 2.45) is 0 Å². The smallest absolute Gasteiger partial charge is 0.263 e. The first-order valence-electron chi connectivity index (χ1n) is 11.0. The van der Waals surface area contributed by atoms with Gasteiger partial charge in [-0.15, -0.1) is 0 Å². The average Bonchev–Trinajstić information content (AvgIpc) is 2.80. The number of nitrogens with one attached hydrogen (secondary N) is 2. The normalized spacial score (nSPS) is 12.5. The Morgan fingerprint density at radius 3 is 2.15 bits per heavy atom. The average molecular weight is 461 g/mol. The molecule has 1 aromatic heterocycles. The third kappa shape index (κ3) is 4.98. The number of sulfonamides is 1. The summed E-state index contributed by atoms with van der Waals surface area (Å²) in [5.41, 5.74) is 4.87. The lowest BCUT2D eigenvalue weighted by Gasteiger charge is -2.16. The Balaban J connectivity index is 1.74. The van der Waals surface area contributed by atoms with E-state index in [0.29, 0.717) is 28.3 Å². The molecule has 0 bridgehead atoms. The number of aryl methyl sites for hydroxylation is 2. The Labute approximate surface area is 195 Å². The summed E-state index contributed by atoms with van der Waals surface area (Å²) in [6.07, 6.45) is 1.06. The molecule has 3 aromatic carbocycles. The van der Waals surface area contributed by atoms with E-state index in [0.717, 1.165) is 17.7 Å². The summed E-state index contributed by atoms with van der Waals surface area (Å²) in [5.74, 6) is 0.971. The summed E-state index contributed by atoms with van der Waals surface area (Å²) in [5, 5.41) is 3.25. The molecule has 7 heteroatoms. The number of hydrogen-bond donors (Lipinski definition) is 2. The van der Waals surface area contributed by atoms with E-state index < -0.39 is 10.0 Å². The predicted octanol–water partition coefficient (Wildman–Crippen LogP) is 6.30. The number of fused-ring (bicyclic) bond motifs is 1. The van der Waals surface area contributed by atoms with Gasteiger partial charge in [0.2, 0.25) is 0 Å². The summed E-state index contributed by atoms with van der Waals surface area (Å²) < 4.78 is 29.2. The molecule has 0 saturated carbocycles. The third-order valence-electron chi connectivity index (χ3n) is 5.79. The fourth-order valence-electron chi connectivity index (χ4n) is 3.60. The van der Waals surface area contributed by atoms with Crippen molar-refractivity contribution in [2.45, 2.75) is 44.9 Å². The summed E-state index contributed by atoms with van der Waals surface area (Å²) >= 11 is 0. The standard InChI is InChI=1S/C26H28N4O2S/c1-5-18(3)20-12-14-21(15-13-20)27-25-26(29-23-9-7-6-8-22(23)28-25)30-33(31,32)24-16-17(2)10-11-19(24)4/h6-16,18H,5H2,1-4H3,(H,27,28)(H,29,30)/t18-/m1/s1. The summed E-state index contributed by atoms with van der Waals surface area (Å²) in [6.45, 7) is 8.00. The lowest BCUT2D eigenvalue weighted by molar-refractivity contribution is 0.600. The maximum atomic E-state index is 13.3. The van der Waals surface area contributed by atoms with E-state index in [-0.39, 0.29) is 10.7 Å². The number of aromatic nitrogens is 2. The fourth-order valence-corrected chi connectivity index (χ4v) is 4.94. The van der Waals surface area contributed by atoms with E-state index in [2.05, 4.69) is 46.0 Å². The molecule has 1 heterocycles. The van der Waals surface area contributed by atoms with Crippen LogP contribution in [0.15, 0.2) is 71.6 Å². The number of anilines is 3. The molecule has 0 saturated heterocycles. The van der Waals surface area contributed by atoms with Gasteiger partial charge in [0.05, 0.1) is 15.9 Å². The highest BCUT2D eigenvalue weighted by molar-refractivity contribution is 7.92. The number of para-hydroxylation sites is 2. The van der Waals surface area contributed by atoms with Crippen molar-refractivity contribution in [3.63, 3.8) is 0 Å². The second-order valence-corrected chi connectivity index (χ2v) is 9.99. The quantitative estimate of drug-likeness (QED) is 0.338. The van der Waals surface area contributed by atoms with Crippen molar-refractivity contribution in [3.05, 3.63) is 83.4 Å². The van der Waals surface area contributed by atoms with Gasteiger partial charge in [-0.2, -0.15) is 0 Å². The molecule has 33 heavy (non-hydrogen) atoms. The molecule has 6 nitrogen and oxygen atoms in total. The first kappa shape index (κ1) is 22.7. The van der Waals surface area contributed by atoms with Gasteiger partial charge in [0, 0.05) is 5.69 Å². The highest BCUT2D eigenvalue weighted by Crippen LogP contribution is 2.29. The first-order valence-corrected chi connectivity index (χ1v) is 12.5. The summed E-state index contributed by atoms with van der Waals surface area (Å²) in [6, 6.07) is 20.8. The Kier molecular flexibility index (Phi) is 6.33. The van der Waals surface area contributed by atoms with E-state index in [1.165, 1.54) is 5.56 Å². The van der Waals surface area contributed by atoms with Gasteiger partial charge >= 0.3 is 0 Å². The lowest BCUT2D eigenvalue weighted by Crippen LogP contribution is -2.17. The van der Waals surface area contributed by atoms with Crippen molar-refractivity contribution < 1.29 is 8.42 Å². The molecule has 1 atom stereocenters. The van der Waals surface area contributed by atoms with Gasteiger partial charge < -0.3 is 5.32 Å². The van der Waals surface area contributed by atoms with E-state index in [4.69, 9.17) is 0 Å². The zero-order valence-electron chi connectivity index (χ0n) is 19.3. The van der Waals surface area contributed by atoms with Crippen LogP contribution in [0, 0.1) is 13.8 Å². The number of rotatable bonds is 7. The van der Waals surface area contributed by atoms with Crippen molar-refractivity contribution in [1.29, 1.82) is 0 Å². The second kappa shape index (κ2) is 9.19. The largest absolute Gasteiger partial charge is 0.337 e. The molecular weight excluding hydrogens is 432 g/mol. The van der Waals surface area contributed by atoms with Crippen molar-refractivity contribution in [3.8, 4) is 0 Å². The molecule has 4 rings (SSSR count). The number of hydrogen-bond acceptors (Lipinski definition) is 5. The third-order valence-corrected chi connectivity index (χ3v) is 7.27. The molecular formula is C26H28N4O2S. The molecule has 0 unspecified atom stereocenters. The van der Waals surface area contributed by atoms with Gasteiger partial charge in [-0.25, -0.2) is 18.4 Å². The van der Waals surface area contributed by atoms with Crippen LogP contribution < -0.4 is 10.0 Å². The first-order chi connectivity index (χ1) is 15.8. The van der Waals surface area contributed by atoms with Crippen LogP contribution in [0.3, 0.4) is 0 Å². The maximum Gasteiger partial charge on any atom is 0.263 e. The molecule has 2 N–H and O–H groups in total. The van der Waals surface area contributed by atoms with E-state index >= 15 is 0 Å². The van der Waals surface area contributed by atoms with Crippen molar-refractivity contribution >= 4 is 38.4 Å². The van der Waals surface area contributed by atoms with Crippen molar-refractivity contribution in [2.75, 3.05) is 10.0 Å². The Morgan fingerprint density at radius 1 is 0.879 bits per heavy atom. The van der Waals surface area contributed by atoms with Crippen LogP contribution in [0.2, 0.25) is 0 Å². The minimum atomic E-state index is -3.86. The van der Waals surface area contributed by atoms with Gasteiger partial charge in [-0.1, -0.05) is 50.2 Å². The molecule has 0 spiro atoms. The summed E-state index contributed by atoms with van der Waals surface area (Å²) in [4.78, 5) is 9.46. The molecule has 170 valence electrons. The van der Waals surface area contributed by atoms with Gasteiger partial charge in [0.1, 0.15) is 0 Å². The SMILES string of the molecule is CC[C@@H](C)c1ccc(Nc2nc3ccccc3nc2NS(=O)(=O)c2cc(C)ccc2C)cc1. The van der Waals surface area contributed by atoms with Crippen LogP contribution in [-0.4, -0.2) is 18.4 Å². The molecule has 0 aliphatic carbocycles. The Bertz CT molecular complexity index is 1400. The van der Waals surface area contributed by atoms with Gasteiger partial charge in [0.25, 0.3) is 10.0 Å². The molecule has 0 fully saturated rings. The molecule has 0 radical (unpaired) electrons. The van der Waals surface area contributed by atoms with E-state index in [1.54, 1.807) is 19.1 Å². The number of benzene rings is 3. The predicted molar refractivity (Wildman–Crippen MR) is 135 cm³/mol. The molecule has 4 aromatic rings. The summed E-state index contributed by atoms with van der Waals surface area (Å²) in [7, 11) is -3.86. The highest BCUT2D eigenvalue weighted by Gasteiger charge is 2.21. The topological polar surface area (TPSA) is 84.0 Å². The zero-order valence-corrected chi connectivity index (χ0v) is 20.1. The van der Waals surface area contributed by atoms with Gasteiger partial charge in [0.15, 0.2) is 11.6 Å². The van der Waals surface area contributed by atoms with Gasteiger partial charge in [-0.05, 0) is 73.2 Å². The maximum absolute atomic E-state index is 13.3. The van der Waals surface area contributed by atoms with Crippen molar-refractivity contribution in [1.82, 2.24) is 9.97 Å². The minimum Gasteiger partial charge on any atom is -0.337 e.